The molecule has 4 aromatic rings. The number of alkyl halides is 2. The average molecular weight is 409 g/mol. The van der Waals surface area contributed by atoms with Crippen LogP contribution >= 0.6 is 0 Å². The van der Waals surface area contributed by atoms with Gasteiger partial charge in [-0.2, -0.15) is 10.2 Å². The summed E-state index contributed by atoms with van der Waals surface area (Å²) < 4.78 is 28.4. The number of carbonyl (C=O) groups is 1. The number of piperidine rings is 1. The molecule has 0 unspecified atom stereocenters. The highest BCUT2D eigenvalue weighted by molar-refractivity contribution is 5.97. The highest BCUT2D eigenvalue weighted by Gasteiger charge is 2.35. The molecule has 1 aliphatic heterocycles. The van der Waals surface area contributed by atoms with Gasteiger partial charge in [0.1, 0.15) is 6.33 Å². The molecule has 1 amide bonds. The number of amides is 1. The molecular formula is C20H17F2N7O. The lowest BCUT2D eigenvalue weighted by atomic mass is 10.1. The number of likely N-dealkylation sites (tertiary alicyclic amines) is 1. The maximum atomic E-state index is 13.4. The summed E-state index contributed by atoms with van der Waals surface area (Å²) in [4.78, 5) is 22.7. The number of nitrogens with zero attached hydrogens (tertiary/aromatic N) is 6. The summed E-state index contributed by atoms with van der Waals surface area (Å²) in [6, 6.07) is 9.27. The molecule has 8 nitrogen and oxygen atoms in total. The van der Waals surface area contributed by atoms with Crippen molar-refractivity contribution in [2.75, 3.05) is 13.1 Å². The lowest BCUT2D eigenvalue weighted by Gasteiger charge is -2.31. The van der Waals surface area contributed by atoms with Crippen LogP contribution in [-0.2, 0) is 0 Å². The van der Waals surface area contributed by atoms with Gasteiger partial charge in [0.25, 0.3) is 11.8 Å². The first-order valence-electron chi connectivity index (χ1n) is 9.47. The highest BCUT2D eigenvalue weighted by Crippen LogP contribution is 2.29. The summed E-state index contributed by atoms with van der Waals surface area (Å²) in [6.45, 7) is 0.0785. The van der Waals surface area contributed by atoms with Gasteiger partial charge in [-0.05, 0) is 18.2 Å². The van der Waals surface area contributed by atoms with Crippen molar-refractivity contribution < 1.29 is 13.6 Å². The molecule has 1 saturated heterocycles. The predicted molar refractivity (Wildman–Crippen MR) is 104 cm³/mol. The van der Waals surface area contributed by atoms with Crippen LogP contribution in [0, 0.1) is 0 Å². The molecular weight excluding hydrogens is 392 g/mol. The van der Waals surface area contributed by atoms with Gasteiger partial charge >= 0.3 is 0 Å². The van der Waals surface area contributed by atoms with Crippen molar-refractivity contribution in [2.24, 2.45) is 0 Å². The fourth-order valence-electron chi connectivity index (χ4n) is 3.58. The number of H-pyrrole nitrogens is 1. The lowest BCUT2D eigenvalue weighted by Crippen LogP contribution is -2.42. The maximum Gasteiger partial charge on any atom is 0.255 e. The molecule has 0 atom stereocenters. The van der Waals surface area contributed by atoms with E-state index in [-0.39, 0.29) is 31.8 Å². The van der Waals surface area contributed by atoms with Crippen molar-refractivity contribution in [1.29, 1.82) is 0 Å². The lowest BCUT2D eigenvalue weighted by molar-refractivity contribution is -0.0494. The van der Waals surface area contributed by atoms with Gasteiger partial charge in [0, 0.05) is 43.1 Å². The summed E-state index contributed by atoms with van der Waals surface area (Å²) in [5.74, 6) is -2.35. The van der Waals surface area contributed by atoms with Crippen LogP contribution in [0.5, 0.6) is 0 Å². The number of hydrogen-bond donors (Lipinski definition) is 1. The topological polar surface area (TPSA) is 92.6 Å². The molecule has 152 valence electrons. The number of benzene rings is 1. The molecule has 10 heteroatoms. The number of hydrogen-bond acceptors (Lipinski definition) is 5. The highest BCUT2D eigenvalue weighted by atomic mass is 19.3. The van der Waals surface area contributed by atoms with Gasteiger partial charge in [-0.3, -0.25) is 9.89 Å². The van der Waals surface area contributed by atoms with Crippen molar-refractivity contribution in [2.45, 2.75) is 18.8 Å². The zero-order valence-electron chi connectivity index (χ0n) is 15.8. The second-order valence-electron chi connectivity index (χ2n) is 7.23. The SMILES string of the molecule is O=C(c1cnc2c(cnn2-c2cccc(-c3ncn[nH]3)c2)c1)N1CCC(F)(F)CC1. The molecule has 30 heavy (non-hydrogen) atoms. The Morgan fingerprint density at radius 3 is 2.70 bits per heavy atom. The van der Waals surface area contributed by atoms with Crippen LogP contribution < -0.4 is 0 Å². The van der Waals surface area contributed by atoms with Crippen molar-refractivity contribution in [3.8, 4) is 17.1 Å². The summed E-state index contributed by atoms with van der Waals surface area (Å²) in [7, 11) is 0. The maximum absolute atomic E-state index is 13.4. The van der Waals surface area contributed by atoms with E-state index < -0.39 is 5.92 Å². The molecule has 0 spiro atoms. The van der Waals surface area contributed by atoms with E-state index in [4.69, 9.17) is 0 Å². The Morgan fingerprint density at radius 1 is 1.10 bits per heavy atom. The smallest absolute Gasteiger partial charge is 0.255 e. The van der Waals surface area contributed by atoms with E-state index in [1.165, 1.54) is 17.4 Å². The van der Waals surface area contributed by atoms with Crippen LogP contribution in [0.1, 0.15) is 23.2 Å². The molecule has 1 aromatic carbocycles. The van der Waals surface area contributed by atoms with E-state index in [2.05, 4.69) is 25.3 Å². The van der Waals surface area contributed by atoms with E-state index in [1.54, 1.807) is 16.9 Å². The molecule has 1 fully saturated rings. The van der Waals surface area contributed by atoms with Crippen molar-refractivity contribution >= 4 is 16.9 Å². The number of aromatic nitrogens is 6. The zero-order valence-corrected chi connectivity index (χ0v) is 15.8. The molecule has 5 rings (SSSR count). The minimum absolute atomic E-state index is 0.0392. The Bertz CT molecular complexity index is 1210. The van der Waals surface area contributed by atoms with Crippen LogP contribution in [0.4, 0.5) is 8.78 Å². The quantitative estimate of drug-likeness (QED) is 0.561. The number of halogens is 2. The van der Waals surface area contributed by atoms with E-state index in [1.807, 2.05) is 24.3 Å². The van der Waals surface area contributed by atoms with Gasteiger partial charge in [-0.25, -0.2) is 23.4 Å². The van der Waals surface area contributed by atoms with Gasteiger partial charge in [0.2, 0.25) is 0 Å². The molecule has 0 saturated carbocycles. The average Bonchev–Trinajstić information content (AvgIpc) is 3.43. The third kappa shape index (κ3) is 3.30. The first-order valence-corrected chi connectivity index (χ1v) is 9.47. The number of fused-ring (bicyclic) bond motifs is 1. The third-order valence-electron chi connectivity index (χ3n) is 5.22. The van der Waals surface area contributed by atoms with E-state index in [0.717, 1.165) is 11.3 Å². The van der Waals surface area contributed by atoms with Gasteiger partial charge in [-0.15, -0.1) is 0 Å². The summed E-state index contributed by atoms with van der Waals surface area (Å²) in [5.41, 5.74) is 2.58. The van der Waals surface area contributed by atoms with Crippen molar-refractivity contribution in [3.63, 3.8) is 0 Å². The van der Waals surface area contributed by atoms with Crippen LogP contribution in [0.25, 0.3) is 28.1 Å². The second-order valence-corrected chi connectivity index (χ2v) is 7.23. The Hall–Kier alpha value is -3.69. The van der Waals surface area contributed by atoms with Crippen LogP contribution in [0.3, 0.4) is 0 Å². The van der Waals surface area contributed by atoms with E-state index in [9.17, 15) is 13.6 Å². The normalized spacial score (nSPS) is 16.1. The first kappa shape index (κ1) is 18.3. The van der Waals surface area contributed by atoms with Crippen molar-refractivity contribution in [3.05, 3.63) is 54.6 Å². The zero-order chi connectivity index (χ0) is 20.7. The standard InChI is InChI=1S/C20H17F2N7O/c21-20(22)4-6-28(7-5-20)19(30)15-8-14-11-26-29(18(14)23-10-15)16-3-1-2-13(9-16)17-24-12-25-27-17/h1-3,8-12H,4-7H2,(H,24,25,27). The van der Waals surface area contributed by atoms with Crippen LogP contribution in [-0.4, -0.2) is 59.8 Å². The fourth-order valence-corrected chi connectivity index (χ4v) is 3.58. The van der Waals surface area contributed by atoms with Gasteiger partial charge in [0.15, 0.2) is 11.5 Å². The summed E-state index contributed by atoms with van der Waals surface area (Å²) in [5, 5.41) is 11.8. The molecule has 1 aliphatic rings. The Kier molecular flexibility index (Phi) is 4.27. The molecule has 0 bridgehead atoms. The summed E-state index contributed by atoms with van der Waals surface area (Å²) >= 11 is 0. The molecule has 4 heterocycles. The number of pyridine rings is 1. The number of aromatic amines is 1. The van der Waals surface area contributed by atoms with Gasteiger partial charge < -0.3 is 4.90 Å². The number of rotatable bonds is 3. The minimum atomic E-state index is -2.69. The van der Waals surface area contributed by atoms with Crippen LogP contribution in [0.15, 0.2) is 49.1 Å². The second kappa shape index (κ2) is 6.97. The molecule has 3 aromatic heterocycles. The summed E-state index contributed by atoms with van der Waals surface area (Å²) in [6.07, 6.45) is 3.91. The van der Waals surface area contributed by atoms with Crippen LogP contribution in [0.2, 0.25) is 0 Å². The molecule has 0 radical (unpaired) electrons. The Labute approximate surface area is 169 Å². The van der Waals surface area contributed by atoms with E-state index in [0.29, 0.717) is 22.4 Å². The predicted octanol–water partition coefficient (Wildman–Crippen LogP) is 3.08. The number of carbonyl (C=O) groups excluding carboxylic acids is 1. The molecule has 0 aliphatic carbocycles. The number of nitrogens with one attached hydrogen (secondary N) is 1. The van der Waals surface area contributed by atoms with Gasteiger partial charge in [0.05, 0.1) is 17.4 Å². The Balaban J connectivity index is 1.44. The van der Waals surface area contributed by atoms with E-state index >= 15 is 0 Å². The first-order chi connectivity index (χ1) is 14.5. The largest absolute Gasteiger partial charge is 0.338 e. The van der Waals surface area contributed by atoms with Gasteiger partial charge in [-0.1, -0.05) is 12.1 Å². The minimum Gasteiger partial charge on any atom is -0.338 e. The monoisotopic (exact) mass is 409 g/mol. The third-order valence-corrected chi connectivity index (χ3v) is 5.22. The molecule has 1 N–H and O–H groups in total. The van der Waals surface area contributed by atoms with Crippen molar-refractivity contribution in [1.82, 2.24) is 34.8 Å². The Morgan fingerprint density at radius 2 is 1.93 bits per heavy atom. The fraction of sp³-hybridized carbons (Fsp3) is 0.250.